The van der Waals surface area contributed by atoms with E-state index in [2.05, 4.69) is 14.7 Å². The Balaban J connectivity index is 2.64. The van der Waals surface area contributed by atoms with Gasteiger partial charge in [-0.1, -0.05) is 11.6 Å². The molecule has 0 aliphatic heterocycles. The van der Waals surface area contributed by atoms with Gasteiger partial charge in [-0.2, -0.15) is 0 Å². The van der Waals surface area contributed by atoms with E-state index < -0.39 is 10.0 Å². The molecule has 0 amide bonds. The van der Waals surface area contributed by atoms with Gasteiger partial charge in [-0.15, -0.1) is 0 Å². The molecule has 0 aromatic carbocycles. The molecule has 0 saturated carbocycles. The highest BCUT2D eigenvalue weighted by Gasteiger charge is 2.13. The smallest absolute Gasteiger partial charge is 0.238 e. The molecule has 1 rings (SSSR count). The summed E-state index contributed by atoms with van der Waals surface area (Å²) in [6.45, 7) is 5.49. The number of aromatic nitrogens is 2. The topological polar surface area (TPSA) is 81.2 Å². The Morgan fingerprint density at radius 1 is 1.44 bits per heavy atom. The zero-order chi connectivity index (χ0) is 13.8. The van der Waals surface area contributed by atoms with Crippen molar-refractivity contribution in [1.29, 1.82) is 0 Å². The maximum Gasteiger partial charge on any atom is 0.238 e. The van der Waals surface area contributed by atoms with E-state index in [1.807, 2.05) is 13.8 Å². The van der Waals surface area contributed by atoms with Crippen molar-refractivity contribution in [2.75, 3.05) is 17.1 Å². The van der Waals surface area contributed by atoms with Gasteiger partial charge in [-0.05, 0) is 26.8 Å². The number of rotatable bonds is 6. The first-order chi connectivity index (χ1) is 8.28. The van der Waals surface area contributed by atoms with Gasteiger partial charge < -0.3 is 4.74 Å². The molecule has 102 valence electrons. The minimum atomic E-state index is -3.52. The first kappa shape index (κ1) is 15.1. The molecule has 18 heavy (non-hydrogen) atoms. The van der Waals surface area contributed by atoms with Crippen LogP contribution in [0.5, 0.6) is 0 Å². The van der Waals surface area contributed by atoms with Crippen LogP contribution in [0.4, 0.5) is 5.95 Å². The lowest BCUT2D eigenvalue weighted by Gasteiger charge is -2.09. The Morgan fingerprint density at radius 3 is 2.67 bits per heavy atom. The van der Waals surface area contributed by atoms with Crippen LogP contribution >= 0.6 is 11.6 Å². The Morgan fingerprint density at radius 2 is 2.11 bits per heavy atom. The molecule has 1 N–H and O–H groups in total. The second kappa shape index (κ2) is 6.31. The van der Waals surface area contributed by atoms with E-state index in [0.29, 0.717) is 5.69 Å². The average Bonchev–Trinajstić information content (AvgIpc) is 2.12. The van der Waals surface area contributed by atoms with E-state index in [1.54, 1.807) is 13.0 Å². The SMILES string of the molecule is Cc1cc(Cl)nc(NS(=O)(=O)CCOC(C)C)n1. The first-order valence-corrected chi connectivity index (χ1v) is 7.45. The predicted octanol–water partition coefficient (Wildman–Crippen LogP) is 1.61. The van der Waals surface area contributed by atoms with E-state index in [9.17, 15) is 8.42 Å². The molecule has 0 unspecified atom stereocenters. The highest BCUT2D eigenvalue weighted by Crippen LogP contribution is 2.10. The molecule has 1 heterocycles. The standard InChI is InChI=1S/C10H16ClN3O3S/c1-7(2)17-4-5-18(15,16)14-10-12-8(3)6-9(11)13-10/h6-7H,4-5H2,1-3H3,(H,12,13,14). The largest absolute Gasteiger partial charge is 0.378 e. The number of aryl methyl sites for hydroxylation is 1. The van der Waals surface area contributed by atoms with Crippen LogP contribution in [0.1, 0.15) is 19.5 Å². The fourth-order valence-electron chi connectivity index (χ4n) is 1.16. The number of hydrogen-bond donors (Lipinski definition) is 1. The van der Waals surface area contributed by atoms with Crippen LogP contribution in [-0.4, -0.2) is 36.8 Å². The van der Waals surface area contributed by atoms with E-state index >= 15 is 0 Å². The molecule has 0 bridgehead atoms. The van der Waals surface area contributed by atoms with Crippen LogP contribution in [0, 0.1) is 6.92 Å². The highest BCUT2D eigenvalue weighted by atomic mass is 35.5. The number of anilines is 1. The minimum Gasteiger partial charge on any atom is -0.378 e. The quantitative estimate of drug-likeness (QED) is 0.806. The molecule has 0 aliphatic carbocycles. The summed E-state index contributed by atoms with van der Waals surface area (Å²) < 4.78 is 30.8. The lowest BCUT2D eigenvalue weighted by Crippen LogP contribution is -2.22. The summed E-state index contributed by atoms with van der Waals surface area (Å²) in [7, 11) is -3.52. The molecule has 0 spiro atoms. The Kier molecular flexibility index (Phi) is 5.30. The van der Waals surface area contributed by atoms with Crippen molar-refractivity contribution >= 4 is 27.6 Å². The van der Waals surface area contributed by atoms with Gasteiger partial charge in [0.05, 0.1) is 18.5 Å². The first-order valence-electron chi connectivity index (χ1n) is 5.42. The second-order valence-corrected chi connectivity index (χ2v) is 6.23. The fraction of sp³-hybridized carbons (Fsp3) is 0.600. The van der Waals surface area contributed by atoms with Crippen LogP contribution in [0.15, 0.2) is 6.07 Å². The summed E-state index contributed by atoms with van der Waals surface area (Å²) >= 11 is 5.71. The summed E-state index contributed by atoms with van der Waals surface area (Å²) in [5.74, 6) is -0.176. The number of nitrogens with one attached hydrogen (secondary N) is 1. The van der Waals surface area contributed by atoms with Crippen LogP contribution < -0.4 is 4.72 Å². The molecule has 8 heteroatoms. The van der Waals surface area contributed by atoms with Gasteiger partial charge in [-0.3, -0.25) is 4.72 Å². The monoisotopic (exact) mass is 293 g/mol. The summed E-state index contributed by atoms with van der Waals surface area (Å²) in [5, 5.41) is 0.193. The third kappa shape index (κ3) is 5.61. The maximum absolute atomic E-state index is 11.7. The van der Waals surface area contributed by atoms with Gasteiger partial charge in [0.25, 0.3) is 0 Å². The summed E-state index contributed by atoms with van der Waals surface area (Å²) in [5.41, 5.74) is 0.589. The number of halogens is 1. The van der Waals surface area contributed by atoms with Crippen LogP contribution in [0.3, 0.4) is 0 Å². The van der Waals surface area contributed by atoms with Crippen molar-refractivity contribution in [3.05, 3.63) is 16.9 Å². The lowest BCUT2D eigenvalue weighted by atomic mass is 10.5. The van der Waals surface area contributed by atoms with Crippen molar-refractivity contribution in [3.8, 4) is 0 Å². The normalized spacial score (nSPS) is 11.8. The zero-order valence-corrected chi connectivity index (χ0v) is 12.0. The van der Waals surface area contributed by atoms with Crippen molar-refractivity contribution in [3.63, 3.8) is 0 Å². The molecule has 6 nitrogen and oxygen atoms in total. The van der Waals surface area contributed by atoms with Gasteiger partial charge in [-0.25, -0.2) is 18.4 Å². The van der Waals surface area contributed by atoms with Crippen LogP contribution in [0.2, 0.25) is 5.15 Å². The van der Waals surface area contributed by atoms with Gasteiger partial charge in [0.2, 0.25) is 16.0 Å². The van der Waals surface area contributed by atoms with Crippen molar-refractivity contribution in [1.82, 2.24) is 9.97 Å². The molecule has 0 fully saturated rings. The summed E-state index contributed by atoms with van der Waals surface area (Å²) in [6, 6.07) is 1.54. The number of hydrogen-bond acceptors (Lipinski definition) is 5. The fourth-order valence-corrected chi connectivity index (χ4v) is 2.18. The Labute approximate surface area is 112 Å². The summed E-state index contributed by atoms with van der Waals surface area (Å²) in [4.78, 5) is 7.72. The van der Waals surface area contributed by atoms with Crippen LogP contribution in [0.25, 0.3) is 0 Å². The van der Waals surface area contributed by atoms with Gasteiger partial charge in [0.15, 0.2) is 0 Å². The molecular weight excluding hydrogens is 278 g/mol. The summed E-state index contributed by atoms with van der Waals surface area (Å²) in [6.07, 6.45) is -0.00939. The minimum absolute atomic E-state index is 0.00939. The molecule has 0 aliphatic rings. The van der Waals surface area contributed by atoms with Crippen LogP contribution in [-0.2, 0) is 14.8 Å². The van der Waals surface area contributed by atoms with E-state index in [-0.39, 0.29) is 29.6 Å². The lowest BCUT2D eigenvalue weighted by molar-refractivity contribution is 0.0913. The zero-order valence-electron chi connectivity index (χ0n) is 10.5. The predicted molar refractivity (Wildman–Crippen MR) is 70.3 cm³/mol. The molecule has 0 radical (unpaired) electrons. The highest BCUT2D eigenvalue weighted by molar-refractivity contribution is 7.92. The van der Waals surface area contributed by atoms with Crippen molar-refractivity contribution in [2.24, 2.45) is 0 Å². The molecule has 0 atom stereocenters. The van der Waals surface area contributed by atoms with E-state index in [4.69, 9.17) is 16.3 Å². The molecule has 1 aromatic rings. The van der Waals surface area contributed by atoms with Crippen molar-refractivity contribution < 1.29 is 13.2 Å². The number of sulfonamides is 1. The Bertz CT molecular complexity index is 485. The number of nitrogens with zero attached hydrogens (tertiary/aromatic N) is 2. The molecule has 0 saturated heterocycles. The van der Waals surface area contributed by atoms with E-state index in [1.165, 1.54) is 0 Å². The third-order valence-corrected chi connectivity index (χ3v) is 3.26. The number of ether oxygens (including phenoxy) is 1. The maximum atomic E-state index is 11.7. The third-order valence-electron chi connectivity index (χ3n) is 1.87. The Hall–Kier alpha value is -0.920. The van der Waals surface area contributed by atoms with E-state index in [0.717, 1.165) is 0 Å². The van der Waals surface area contributed by atoms with Crippen molar-refractivity contribution in [2.45, 2.75) is 26.9 Å². The van der Waals surface area contributed by atoms with Gasteiger partial charge >= 0.3 is 0 Å². The second-order valence-electron chi connectivity index (χ2n) is 4.00. The molecular formula is C10H16ClN3O3S. The molecule has 1 aromatic heterocycles. The van der Waals surface area contributed by atoms with Gasteiger partial charge in [0.1, 0.15) is 5.15 Å². The average molecular weight is 294 g/mol. The van der Waals surface area contributed by atoms with Gasteiger partial charge in [0, 0.05) is 5.69 Å².